The number of carboxylic acid groups (broad SMARTS) is 1. The van der Waals surface area contributed by atoms with Crippen molar-refractivity contribution in [2.75, 3.05) is 5.75 Å². The Labute approximate surface area is 81.0 Å². The molecule has 0 unspecified atom stereocenters. The van der Waals surface area contributed by atoms with E-state index < -0.39 is 5.97 Å². The lowest BCUT2D eigenvalue weighted by molar-refractivity contribution is 0.0693. The lowest BCUT2D eigenvalue weighted by Crippen LogP contribution is -1.98. The Bertz CT molecular complexity index is 352. The molecule has 0 aromatic heterocycles. The van der Waals surface area contributed by atoms with Gasteiger partial charge in [0.1, 0.15) is 0 Å². The smallest absolute Gasteiger partial charge is 0.336 e. The van der Waals surface area contributed by atoms with Crippen molar-refractivity contribution in [1.29, 1.82) is 0 Å². The molecule has 0 fully saturated rings. The monoisotopic (exact) mass is 192 g/mol. The zero-order chi connectivity index (χ0) is 9.68. The van der Waals surface area contributed by atoms with Gasteiger partial charge in [0.25, 0.3) is 0 Å². The van der Waals surface area contributed by atoms with Crippen molar-refractivity contribution in [1.82, 2.24) is 0 Å². The molecule has 66 valence electrons. The molecule has 0 spiro atoms. The van der Waals surface area contributed by atoms with Crippen molar-refractivity contribution in [3.05, 3.63) is 29.8 Å². The molecule has 1 rings (SSSR count). The topological polar surface area (TPSA) is 37.3 Å². The van der Waals surface area contributed by atoms with Crippen LogP contribution in [0.3, 0.4) is 0 Å². The summed E-state index contributed by atoms with van der Waals surface area (Å²) in [6, 6.07) is 6.82. The van der Waals surface area contributed by atoms with Gasteiger partial charge in [-0.25, -0.2) is 4.79 Å². The standard InChI is InChI=1S/C10H8O2S/c1-2-7-13-9-6-4-3-5-8(9)10(11)12/h1,3-6H,7H2,(H,11,12). The normalized spacial score (nSPS) is 9.15. The second kappa shape index (κ2) is 4.58. The van der Waals surface area contributed by atoms with Gasteiger partial charge in [-0.2, -0.15) is 0 Å². The lowest BCUT2D eigenvalue weighted by Gasteiger charge is -2.01. The van der Waals surface area contributed by atoms with Crippen LogP contribution in [0.1, 0.15) is 10.4 Å². The molecule has 2 nitrogen and oxygen atoms in total. The van der Waals surface area contributed by atoms with Crippen molar-refractivity contribution in [3.8, 4) is 12.3 Å². The number of aromatic carboxylic acids is 1. The van der Waals surface area contributed by atoms with Crippen molar-refractivity contribution in [2.45, 2.75) is 4.90 Å². The third-order valence-electron chi connectivity index (χ3n) is 1.43. The second-order valence-electron chi connectivity index (χ2n) is 2.29. The molecule has 0 radical (unpaired) electrons. The highest BCUT2D eigenvalue weighted by atomic mass is 32.2. The molecule has 1 aromatic rings. The highest BCUT2D eigenvalue weighted by molar-refractivity contribution is 7.99. The number of carboxylic acids is 1. The molecule has 0 heterocycles. The van der Waals surface area contributed by atoms with Crippen LogP contribution in [0.15, 0.2) is 29.2 Å². The average Bonchev–Trinajstić information content (AvgIpc) is 2.15. The minimum atomic E-state index is -0.917. The average molecular weight is 192 g/mol. The summed E-state index contributed by atoms with van der Waals surface area (Å²) < 4.78 is 0. The zero-order valence-corrected chi connectivity index (χ0v) is 7.67. The quantitative estimate of drug-likeness (QED) is 0.588. The summed E-state index contributed by atoms with van der Waals surface area (Å²) >= 11 is 1.36. The summed E-state index contributed by atoms with van der Waals surface area (Å²) in [7, 11) is 0. The van der Waals surface area contributed by atoms with E-state index in [0.717, 1.165) is 0 Å². The molecule has 0 saturated carbocycles. The van der Waals surface area contributed by atoms with E-state index in [0.29, 0.717) is 16.2 Å². The van der Waals surface area contributed by atoms with E-state index in [1.807, 2.05) is 0 Å². The number of hydrogen-bond acceptors (Lipinski definition) is 2. The Kier molecular flexibility index (Phi) is 3.41. The SMILES string of the molecule is C#CCSc1ccccc1C(=O)O. The van der Waals surface area contributed by atoms with Crippen LogP contribution in [-0.4, -0.2) is 16.8 Å². The number of hydrogen-bond donors (Lipinski definition) is 1. The molecule has 1 N–H and O–H groups in total. The molecule has 0 aliphatic carbocycles. The summed E-state index contributed by atoms with van der Waals surface area (Å²) in [6.45, 7) is 0. The van der Waals surface area contributed by atoms with Gasteiger partial charge in [-0.1, -0.05) is 18.1 Å². The van der Waals surface area contributed by atoms with Crippen LogP contribution < -0.4 is 0 Å². The maximum absolute atomic E-state index is 10.7. The third kappa shape index (κ3) is 2.53. The second-order valence-corrected chi connectivity index (χ2v) is 3.31. The van der Waals surface area contributed by atoms with Crippen LogP contribution in [0.2, 0.25) is 0 Å². The van der Waals surface area contributed by atoms with E-state index in [-0.39, 0.29) is 0 Å². The minimum absolute atomic E-state index is 0.308. The summed E-state index contributed by atoms with van der Waals surface area (Å²) in [4.78, 5) is 11.4. The van der Waals surface area contributed by atoms with Gasteiger partial charge in [-0.3, -0.25) is 0 Å². The number of carbonyl (C=O) groups is 1. The first-order chi connectivity index (χ1) is 6.25. The first-order valence-corrected chi connectivity index (χ1v) is 4.63. The fraction of sp³-hybridized carbons (Fsp3) is 0.100. The largest absolute Gasteiger partial charge is 0.478 e. The van der Waals surface area contributed by atoms with Gasteiger partial charge in [-0.05, 0) is 12.1 Å². The Hall–Kier alpha value is -1.40. The predicted octanol–water partition coefficient (Wildman–Crippen LogP) is 2.11. The fourth-order valence-electron chi connectivity index (χ4n) is 0.889. The first-order valence-electron chi connectivity index (χ1n) is 3.64. The van der Waals surface area contributed by atoms with E-state index in [1.165, 1.54) is 11.8 Å². The highest BCUT2D eigenvalue weighted by Gasteiger charge is 2.07. The van der Waals surface area contributed by atoms with Gasteiger partial charge >= 0.3 is 5.97 Å². The number of rotatable bonds is 3. The summed E-state index contributed by atoms with van der Waals surface area (Å²) in [5.74, 6) is 2.03. The molecule has 0 bridgehead atoms. The molecule has 13 heavy (non-hydrogen) atoms. The minimum Gasteiger partial charge on any atom is -0.478 e. The van der Waals surface area contributed by atoms with E-state index >= 15 is 0 Å². The summed E-state index contributed by atoms with van der Waals surface area (Å²) in [6.07, 6.45) is 5.08. The van der Waals surface area contributed by atoms with E-state index in [2.05, 4.69) is 5.92 Å². The number of benzene rings is 1. The summed E-state index contributed by atoms with van der Waals surface area (Å²) in [5.41, 5.74) is 0.308. The third-order valence-corrected chi connectivity index (χ3v) is 2.41. The zero-order valence-electron chi connectivity index (χ0n) is 6.86. The van der Waals surface area contributed by atoms with Gasteiger partial charge in [0.05, 0.1) is 11.3 Å². The van der Waals surface area contributed by atoms with Gasteiger partial charge in [0.2, 0.25) is 0 Å². The van der Waals surface area contributed by atoms with Crippen LogP contribution >= 0.6 is 11.8 Å². The van der Waals surface area contributed by atoms with Crippen LogP contribution in [0.5, 0.6) is 0 Å². The molecule has 1 aromatic carbocycles. The molecule has 0 amide bonds. The first kappa shape index (κ1) is 9.69. The molecule has 0 aliphatic rings. The Morgan fingerprint density at radius 1 is 1.54 bits per heavy atom. The van der Waals surface area contributed by atoms with Crippen LogP contribution in [-0.2, 0) is 0 Å². The van der Waals surface area contributed by atoms with E-state index in [1.54, 1.807) is 24.3 Å². The Morgan fingerprint density at radius 3 is 2.85 bits per heavy atom. The molecule has 0 atom stereocenters. The molecule has 0 saturated heterocycles. The molecule has 3 heteroatoms. The Morgan fingerprint density at radius 2 is 2.23 bits per heavy atom. The van der Waals surface area contributed by atoms with Gasteiger partial charge in [-0.15, -0.1) is 18.2 Å². The fourth-order valence-corrected chi connectivity index (χ4v) is 1.61. The predicted molar refractivity (Wildman–Crippen MR) is 53.0 cm³/mol. The van der Waals surface area contributed by atoms with E-state index in [4.69, 9.17) is 11.5 Å². The number of thioether (sulfide) groups is 1. The maximum atomic E-state index is 10.7. The van der Waals surface area contributed by atoms with Crippen molar-refractivity contribution < 1.29 is 9.90 Å². The van der Waals surface area contributed by atoms with Gasteiger partial charge < -0.3 is 5.11 Å². The van der Waals surface area contributed by atoms with Crippen molar-refractivity contribution in [2.24, 2.45) is 0 Å². The molecular formula is C10H8O2S. The summed E-state index contributed by atoms with van der Waals surface area (Å²) in [5, 5.41) is 8.80. The molecule has 0 aliphatic heterocycles. The van der Waals surface area contributed by atoms with Crippen LogP contribution in [0, 0.1) is 12.3 Å². The van der Waals surface area contributed by atoms with Crippen LogP contribution in [0.25, 0.3) is 0 Å². The maximum Gasteiger partial charge on any atom is 0.336 e. The number of terminal acetylenes is 1. The lowest BCUT2D eigenvalue weighted by atomic mass is 10.2. The highest BCUT2D eigenvalue weighted by Crippen LogP contribution is 2.21. The van der Waals surface area contributed by atoms with Crippen molar-refractivity contribution in [3.63, 3.8) is 0 Å². The van der Waals surface area contributed by atoms with Crippen molar-refractivity contribution >= 4 is 17.7 Å². The molecular weight excluding hydrogens is 184 g/mol. The van der Waals surface area contributed by atoms with E-state index in [9.17, 15) is 4.79 Å². The Balaban J connectivity index is 2.92. The van der Waals surface area contributed by atoms with Gasteiger partial charge in [0.15, 0.2) is 0 Å². The van der Waals surface area contributed by atoms with Crippen LogP contribution in [0.4, 0.5) is 0 Å². The van der Waals surface area contributed by atoms with Gasteiger partial charge in [0, 0.05) is 4.90 Å².